The van der Waals surface area contributed by atoms with Crippen LogP contribution in [0.1, 0.15) is 13.8 Å². The molecule has 0 bridgehead atoms. The summed E-state index contributed by atoms with van der Waals surface area (Å²) >= 11 is 0. The number of halogens is 1. The van der Waals surface area contributed by atoms with Gasteiger partial charge in [-0.1, -0.05) is 18.2 Å². The molecule has 1 aromatic heterocycles. The van der Waals surface area contributed by atoms with E-state index in [0.29, 0.717) is 58.3 Å². The lowest BCUT2D eigenvalue weighted by Crippen LogP contribution is -2.42. The summed E-state index contributed by atoms with van der Waals surface area (Å²) in [4.78, 5) is 9.69. The molecule has 1 fully saturated rings. The van der Waals surface area contributed by atoms with Crippen molar-refractivity contribution in [1.29, 1.82) is 0 Å². The van der Waals surface area contributed by atoms with Gasteiger partial charge in [-0.05, 0) is 55.3 Å². The van der Waals surface area contributed by atoms with Gasteiger partial charge in [0.1, 0.15) is 17.4 Å². The summed E-state index contributed by atoms with van der Waals surface area (Å²) in [5.41, 5.74) is 1.67. The summed E-state index contributed by atoms with van der Waals surface area (Å²) in [6.07, 6.45) is 0. The second kappa shape index (κ2) is 10.1. The highest BCUT2D eigenvalue weighted by atomic mass is 19.1. The first-order valence-electron chi connectivity index (χ1n) is 12.4. The predicted octanol–water partition coefficient (Wildman–Crippen LogP) is 4.60. The minimum Gasteiger partial charge on any atom is -0.508 e. The van der Waals surface area contributed by atoms with Gasteiger partial charge in [0, 0.05) is 42.1 Å². The molecule has 1 saturated heterocycles. The van der Waals surface area contributed by atoms with Gasteiger partial charge in [0.05, 0.1) is 25.3 Å². The minimum atomic E-state index is -0.914. The number of phenolic OH excluding ortho intramolecular Hbond substituents is 1. The van der Waals surface area contributed by atoms with E-state index in [1.807, 2.05) is 6.07 Å². The number of phenols is 1. The van der Waals surface area contributed by atoms with Crippen LogP contribution in [0.25, 0.3) is 33.4 Å². The molecule has 2 atom stereocenters. The van der Waals surface area contributed by atoms with Gasteiger partial charge >= 0.3 is 0 Å². The molecule has 0 aliphatic carbocycles. The van der Waals surface area contributed by atoms with E-state index in [4.69, 9.17) is 19.4 Å². The van der Waals surface area contributed by atoms with Crippen LogP contribution in [0.4, 0.5) is 10.2 Å². The van der Waals surface area contributed by atoms with Gasteiger partial charge in [-0.25, -0.2) is 14.4 Å². The molecule has 5 rings (SSSR count). The number of benzene rings is 3. The quantitative estimate of drug-likeness (QED) is 0.281. The second-order valence-electron chi connectivity index (χ2n) is 10.0. The van der Waals surface area contributed by atoms with E-state index in [1.165, 1.54) is 12.1 Å². The number of aromatic nitrogens is 2. The molecular weight excluding hydrogens is 487 g/mol. The lowest BCUT2D eigenvalue weighted by atomic mass is 9.87. The van der Waals surface area contributed by atoms with Crippen LogP contribution in [-0.2, 0) is 0 Å². The van der Waals surface area contributed by atoms with E-state index >= 15 is 0 Å². The van der Waals surface area contributed by atoms with Gasteiger partial charge in [0.15, 0.2) is 17.3 Å². The van der Waals surface area contributed by atoms with E-state index in [2.05, 4.69) is 10.6 Å². The Morgan fingerprint density at radius 1 is 0.947 bits per heavy atom. The molecule has 8 nitrogen and oxygen atoms in total. The molecule has 2 unspecified atom stereocenters. The van der Waals surface area contributed by atoms with Crippen LogP contribution < -0.4 is 20.1 Å². The van der Waals surface area contributed by atoms with E-state index in [9.17, 15) is 14.6 Å². The van der Waals surface area contributed by atoms with Crippen molar-refractivity contribution in [3.05, 3.63) is 60.4 Å². The molecular formula is C29H31FN4O4. The maximum absolute atomic E-state index is 14.6. The molecule has 38 heavy (non-hydrogen) atoms. The number of aliphatic hydroxyl groups is 1. The molecule has 3 aromatic carbocycles. The van der Waals surface area contributed by atoms with Gasteiger partial charge in [-0.3, -0.25) is 0 Å². The van der Waals surface area contributed by atoms with Crippen LogP contribution in [-0.4, -0.2) is 59.1 Å². The average molecular weight is 519 g/mol. The van der Waals surface area contributed by atoms with Crippen molar-refractivity contribution in [2.24, 2.45) is 5.92 Å². The second-order valence-corrected chi connectivity index (χ2v) is 10.0. The molecule has 4 aromatic rings. The largest absolute Gasteiger partial charge is 0.508 e. The highest BCUT2D eigenvalue weighted by Gasteiger charge is 2.38. The first kappa shape index (κ1) is 25.7. The Hall–Kier alpha value is -3.95. The molecule has 0 radical (unpaired) electrons. The van der Waals surface area contributed by atoms with Crippen LogP contribution in [0.3, 0.4) is 0 Å². The smallest absolute Gasteiger partial charge is 0.162 e. The lowest BCUT2D eigenvalue weighted by molar-refractivity contribution is 0.0219. The van der Waals surface area contributed by atoms with Crippen molar-refractivity contribution in [2.45, 2.75) is 25.5 Å². The maximum Gasteiger partial charge on any atom is 0.162 e. The summed E-state index contributed by atoms with van der Waals surface area (Å²) in [5.74, 6) is 1.53. The number of hydrogen-bond donors (Lipinski definition) is 4. The first-order valence-corrected chi connectivity index (χ1v) is 12.4. The topological polar surface area (TPSA) is 109 Å². The standard InChI is InChI=1S/C29H31FN4O4/c1-29(2,36)22-14-31-15-24(22)33-28-21-12-25(37-3)26(38-4)13-23(21)32-27(34-28)20-11-17(30)7-10-19(20)16-5-8-18(35)9-6-16/h5-13,22,24,31,35-36H,14-15H2,1-4H3,(H,32,33,34). The fourth-order valence-electron chi connectivity index (χ4n) is 5.03. The maximum atomic E-state index is 14.6. The number of nitrogens with one attached hydrogen (secondary N) is 2. The summed E-state index contributed by atoms with van der Waals surface area (Å²) < 4.78 is 25.6. The van der Waals surface area contributed by atoms with Gasteiger partial charge < -0.3 is 30.3 Å². The highest BCUT2D eigenvalue weighted by molar-refractivity contribution is 5.94. The van der Waals surface area contributed by atoms with Crippen molar-refractivity contribution in [1.82, 2.24) is 15.3 Å². The fraction of sp³-hybridized carbons (Fsp3) is 0.310. The van der Waals surface area contributed by atoms with Crippen molar-refractivity contribution >= 4 is 16.7 Å². The SMILES string of the molecule is COc1cc2nc(-c3cc(F)ccc3-c3ccc(O)cc3)nc(NC3CNCC3C(C)(C)O)c2cc1OC. The number of ether oxygens (including phenoxy) is 2. The number of nitrogens with zero attached hydrogens (tertiary/aromatic N) is 2. The summed E-state index contributed by atoms with van der Waals surface area (Å²) in [6, 6.07) is 14.6. The molecule has 1 aliphatic heterocycles. The van der Waals surface area contributed by atoms with Gasteiger partial charge in [-0.2, -0.15) is 0 Å². The normalized spacial score (nSPS) is 17.5. The Morgan fingerprint density at radius 2 is 1.66 bits per heavy atom. The first-order chi connectivity index (χ1) is 18.2. The number of anilines is 1. The number of rotatable bonds is 7. The third-order valence-electron chi connectivity index (χ3n) is 7.05. The fourth-order valence-corrected chi connectivity index (χ4v) is 5.03. The monoisotopic (exact) mass is 518 g/mol. The third-order valence-corrected chi connectivity index (χ3v) is 7.05. The Balaban J connectivity index is 1.71. The molecule has 1 aliphatic rings. The Labute approximate surface area is 220 Å². The van der Waals surface area contributed by atoms with Crippen LogP contribution >= 0.6 is 0 Å². The van der Waals surface area contributed by atoms with Gasteiger partial charge in [0.2, 0.25) is 0 Å². The molecule has 0 spiro atoms. The van der Waals surface area contributed by atoms with Gasteiger partial charge in [-0.15, -0.1) is 0 Å². The summed E-state index contributed by atoms with van der Waals surface area (Å²) in [7, 11) is 3.12. The van der Waals surface area contributed by atoms with E-state index in [-0.39, 0.29) is 17.7 Å². The molecule has 198 valence electrons. The summed E-state index contributed by atoms with van der Waals surface area (Å²) in [5, 5.41) is 28.1. The van der Waals surface area contributed by atoms with Crippen molar-refractivity contribution in [2.75, 3.05) is 32.6 Å². The Kier molecular flexibility index (Phi) is 6.81. The van der Waals surface area contributed by atoms with E-state index < -0.39 is 11.4 Å². The van der Waals surface area contributed by atoms with E-state index in [1.54, 1.807) is 64.5 Å². The van der Waals surface area contributed by atoms with Crippen LogP contribution in [0.15, 0.2) is 54.6 Å². The van der Waals surface area contributed by atoms with Crippen molar-refractivity contribution in [3.63, 3.8) is 0 Å². The lowest BCUT2D eigenvalue weighted by Gasteiger charge is -2.31. The highest BCUT2D eigenvalue weighted by Crippen LogP contribution is 2.38. The number of methoxy groups -OCH3 is 2. The zero-order chi connectivity index (χ0) is 27.0. The van der Waals surface area contributed by atoms with Crippen LogP contribution in [0.5, 0.6) is 17.2 Å². The van der Waals surface area contributed by atoms with Crippen LogP contribution in [0, 0.1) is 11.7 Å². The zero-order valence-corrected chi connectivity index (χ0v) is 21.7. The number of aromatic hydroxyl groups is 1. The Morgan fingerprint density at radius 3 is 2.34 bits per heavy atom. The average Bonchev–Trinajstić information content (AvgIpc) is 3.37. The summed E-state index contributed by atoms with van der Waals surface area (Å²) in [6.45, 7) is 4.89. The minimum absolute atomic E-state index is 0.0714. The number of hydrogen-bond acceptors (Lipinski definition) is 8. The zero-order valence-electron chi connectivity index (χ0n) is 21.7. The third kappa shape index (κ3) is 4.94. The van der Waals surface area contributed by atoms with Crippen molar-refractivity contribution in [3.8, 4) is 39.8 Å². The predicted molar refractivity (Wildman–Crippen MR) is 145 cm³/mol. The molecule has 2 heterocycles. The number of fused-ring (bicyclic) bond motifs is 1. The molecule has 4 N–H and O–H groups in total. The van der Waals surface area contributed by atoms with Crippen LogP contribution in [0.2, 0.25) is 0 Å². The van der Waals surface area contributed by atoms with Crippen molar-refractivity contribution < 1.29 is 24.1 Å². The van der Waals surface area contributed by atoms with Gasteiger partial charge in [0.25, 0.3) is 0 Å². The van der Waals surface area contributed by atoms with E-state index in [0.717, 1.165) is 5.56 Å². The molecule has 0 saturated carbocycles. The molecule has 9 heteroatoms. The molecule has 0 amide bonds. The Bertz CT molecular complexity index is 1470.